The SMILES string of the molecule is CCCCC(CC)CNC(=N)NC(=N)NCCCCCCNC(=N)NC(=N)NCC(CC)CCCC.F.F. The first-order valence-electron chi connectivity index (χ1n) is 14.2. The number of hydrogen-bond acceptors (Lipinski definition) is 4. The number of halogens is 2. The van der Waals surface area contributed by atoms with Gasteiger partial charge in [-0.3, -0.25) is 41.7 Å². The van der Waals surface area contributed by atoms with Crippen LogP contribution in [0.25, 0.3) is 0 Å². The Balaban J connectivity index is -0.00000612. The van der Waals surface area contributed by atoms with Crippen LogP contribution in [0.3, 0.4) is 0 Å². The van der Waals surface area contributed by atoms with Crippen LogP contribution in [-0.2, 0) is 0 Å². The highest BCUT2D eigenvalue weighted by molar-refractivity contribution is 5.96. The van der Waals surface area contributed by atoms with E-state index in [4.69, 9.17) is 21.6 Å². The molecule has 0 rings (SSSR count). The second kappa shape index (κ2) is 27.4. The summed E-state index contributed by atoms with van der Waals surface area (Å²) in [6, 6.07) is 0. The molecule has 0 spiro atoms. The van der Waals surface area contributed by atoms with Crippen molar-refractivity contribution in [2.24, 2.45) is 11.8 Å². The lowest BCUT2D eigenvalue weighted by Crippen LogP contribution is -2.47. The molecule has 226 valence electrons. The zero-order valence-corrected chi connectivity index (χ0v) is 24.3. The Hall–Kier alpha value is -2.66. The van der Waals surface area contributed by atoms with E-state index in [0.717, 1.165) is 51.6 Å². The van der Waals surface area contributed by atoms with Crippen LogP contribution in [0, 0.1) is 33.5 Å². The quantitative estimate of drug-likeness (QED) is 0.0645. The van der Waals surface area contributed by atoms with Gasteiger partial charge in [0.2, 0.25) is 0 Å². The molecule has 10 N–H and O–H groups in total. The van der Waals surface area contributed by atoms with Gasteiger partial charge in [0.15, 0.2) is 23.8 Å². The fourth-order valence-corrected chi connectivity index (χ4v) is 3.84. The van der Waals surface area contributed by atoms with Crippen molar-refractivity contribution in [2.45, 2.75) is 105 Å². The molecule has 2 atom stereocenters. The van der Waals surface area contributed by atoms with Crippen molar-refractivity contribution in [3.05, 3.63) is 0 Å². The number of unbranched alkanes of at least 4 members (excludes halogenated alkanes) is 5. The summed E-state index contributed by atoms with van der Waals surface area (Å²) >= 11 is 0. The van der Waals surface area contributed by atoms with Crippen LogP contribution in [0.1, 0.15) is 105 Å². The van der Waals surface area contributed by atoms with Crippen molar-refractivity contribution in [3.8, 4) is 0 Å². The minimum atomic E-state index is 0. The van der Waals surface area contributed by atoms with Gasteiger partial charge >= 0.3 is 0 Å². The molecule has 0 radical (unpaired) electrons. The van der Waals surface area contributed by atoms with Crippen LogP contribution in [0.2, 0.25) is 0 Å². The van der Waals surface area contributed by atoms with E-state index < -0.39 is 0 Å². The first-order valence-corrected chi connectivity index (χ1v) is 14.2. The monoisotopic (exact) mass is 548 g/mol. The highest BCUT2D eigenvalue weighted by Crippen LogP contribution is 2.11. The standard InChI is InChI=1S/C26H56N10.2FH/c1-5-9-15-21(7-3)19-33-25(29)35-23(27)31-17-13-11-12-14-18-32-24(28)36-26(30)34-20-22(8-4)16-10-6-2;;/h21-22H,5-20H2,1-4H3,(H5,27,29,31,33,35)(H5,28,30,32,34,36);2*1H. The van der Waals surface area contributed by atoms with Crippen LogP contribution in [-0.4, -0.2) is 50.0 Å². The van der Waals surface area contributed by atoms with Crippen LogP contribution in [0.4, 0.5) is 9.41 Å². The third kappa shape index (κ3) is 23.7. The lowest BCUT2D eigenvalue weighted by atomic mass is 9.99. The molecular weight excluding hydrogens is 490 g/mol. The molecule has 10 nitrogen and oxygen atoms in total. The Kier molecular flexibility index (Phi) is 28.7. The van der Waals surface area contributed by atoms with Crippen LogP contribution in [0.15, 0.2) is 0 Å². The maximum absolute atomic E-state index is 7.96. The molecule has 0 bridgehead atoms. The summed E-state index contributed by atoms with van der Waals surface area (Å²) in [6.07, 6.45) is 13.3. The Labute approximate surface area is 229 Å². The third-order valence-corrected chi connectivity index (χ3v) is 6.43. The molecule has 12 heteroatoms. The first-order chi connectivity index (χ1) is 17.4. The van der Waals surface area contributed by atoms with Crippen LogP contribution in [0.5, 0.6) is 0 Å². The molecule has 0 aromatic heterocycles. The number of rotatable bonds is 19. The van der Waals surface area contributed by atoms with Gasteiger partial charge in [-0.05, 0) is 37.5 Å². The molecule has 0 aliphatic heterocycles. The molecule has 2 unspecified atom stereocenters. The van der Waals surface area contributed by atoms with Gasteiger partial charge in [0.05, 0.1) is 0 Å². The van der Waals surface area contributed by atoms with Crippen molar-refractivity contribution in [1.82, 2.24) is 31.9 Å². The van der Waals surface area contributed by atoms with E-state index in [1.807, 2.05) is 0 Å². The maximum atomic E-state index is 7.96. The fraction of sp³-hybridized carbons (Fsp3) is 0.846. The van der Waals surface area contributed by atoms with Crippen molar-refractivity contribution < 1.29 is 9.41 Å². The van der Waals surface area contributed by atoms with Gasteiger partial charge in [-0.15, -0.1) is 0 Å². The van der Waals surface area contributed by atoms with Crippen LogP contribution < -0.4 is 31.9 Å². The van der Waals surface area contributed by atoms with E-state index in [2.05, 4.69) is 59.6 Å². The van der Waals surface area contributed by atoms with Gasteiger partial charge in [-0.2, -0.15) is 0 Å². The molecule has 0 heterocycles. The zero-order chi connectivity index (χ0) is 27.0. The van der Waals surface area contributed by atoms with Crippen molar-refractivity contribution >= 4 is 23.8 Å². The topological polar surface area (TPSA) is 168 Å². The third-order valence-electron chi connectivity index (χ3n) is 6.43. The molecular formula is C26H58F2N10. The predicted octanol–water partition coefficient (Wildman–Crippen LogP) is 4.56. The molecule has 38 heavy (non-hydrogen) atoms. The van der Waals surface area contributed by atoms with E-state index >= 15 is 0 Å². The summed E-state index contributed by atoms with van der Waals surface area (Å²) in [6.45, 7) is 11.7. The molecule has 0 saturated carbocycles. The zero-order valence-electron chi connectivity index (χ0n) is 24.3. The summed E-state index contributed by atoms with van der Waals surface area (Å²) in [4.78, 5) is 0. The average molecular weight is 549 g/mol. The summed E-state index contributed by atoms with van der Waals surface area (Å²) in [5.41, 5.74) is 0. The Morgan fingerprint density at radius 3 is 1.16 bits per heavy atom. The molecule has 0 fully saturated rings. The highest BCUT2D eigenvalue weighted by atomic mass is 19.0. The second-order valence-corrected chi connectivity index (χ2v) is 9.61. The largest absolute Gasteiger partial charge is 0.356 e. The van der Waals surface area contributed by atoms with Gasteiger partial charge in [0.25, 0.3) is 0 Å². The minimum absolute atomic E-state index is 0. The Bertz CT molecular complexity index is 567. The van der Waals surface area contributed by atoms with E-state index in [0.29, 0.717) is 24.9 Å². The smallest absolute Gasteiger partial charge is 0.195 e. The Morgan fingerprint density at radius 2 is 0.842 bits per heavy atom. The van der Waals surface area contributed by atoms with E-state index in [-0.39, 0.29) is 33.2 Å². The van der Waals surface area contributed by atoms with Gasteiger partial charge < -0.3 is 21.3 Å². The summed E-state index contributed by atoms with van der Waals surface area (Å²) in [5.74, 6) is 1.80. The molecule has 0 aromatic carbocycles. The van der Waals surface area contributed by atoms with E-state index in [1.54, 1.807) is 0 Å². The average Bonchev–Trinajstić information content (AvgIpc) is 2.85. The van der Waals surface area contributed by atoms with Crippen LogP contribution >= 0.6 is 0 Å². The summed E-state index contributed by atoms with van der Waals surface area (Å²) in [7, 11) is 0. The van der Waals surface area contributed by atoms with Crippen molar-refractivity contribution in [2.75, 3.05) is 26.2 Å². The molecule has 0 aliphatic rings. The van der Waals surface area contributed by atoms with Gasteiger partial charge in [-0.1, -0.05) is 79.1 Å². The fourth-order valence-electron chi connectivity index (χ4n) is 3.84. The summed E-state index contributed by atoms with van der Waals surface area (Å²) in [5, 5.41) is 49.5. The van der Waals surface area contributed by atoms with E-state index in [1.165, 1.54) is 38.5 Å². The lowest BCUT2D eigenvalue weighted by Gasteiger charge is -2.18. The molecule has 0 aromatic rings. The maximum Gasteiger partial charge on any atom is 0.195 e. The van der Waals surface area contributed by atoms with Gasteiger partial charge in [0.1, 0.15) is 0 Å². The molecule has 0 amide bonds. The predicted molar refractivity (Wildman–Crippen MR) is 159 cm³/mol. The van der Waals surface area contributed by atoms with Gasteiger partial charge in [0, 0.05) is 26.2 Å². The number of nitrogens with one attached hydrogen (secondary N) is 10. The second-order valence-electron chi connectivity index (χ2n) is 9.61. The summed E-state index contributed by atoms with van der Waals surface area (Å²) < 4.78 is 0. The minimum Gasteiger partial charge on any atom is -0.356 e. The first kappa shape index (κ1) is 39.8. The normalized spacial score (nSPS) is 11.6. The highest BCUT2D eigenvalue weighted by Gasteiger charge is 2.08. The van der Waals surface area contributed by atoms with Gasteiger partial charge in [-0.25, -0.2) is 0 Å². The number of guanidine groups is 4. The molecule has 0 aliphatic carbocycles. The Morgan fingerprint density at radius 1 is 0.500 bits per heavy atom. The number of hydrogen-bond donors (Lipinski definition) is 10. The lowest BCUT2D eigenvalue weighted by molar-refractivity contribution is 0.444. The van der Waals surface area contributed by atoms with E-state index in [9.17, 15) is 0 Å². The molecule has 0 saturated heterocycles. The van der Waals surface area contributed by atoms with Crippen molar-refractivity contribution in [3.63, 3.8) is 0 Å². The van der Waals surface area contributed by atoms with Crippen molar-refractivity contribution in [1.29, 1.82) is 21.6 Å².